The molecular formula is C13H22ClN3O. The molecule has 2 heterocycles. The smallest absolute Gasteiger partial charge is 0.267 e. The molecule has 1 fully saturated rings. The fourth-order valence-corrected chi connectivity index (χ4v) is 2.29. The van der Waals surface area contributed by atoms with Crippen molar-refractivity contribution < 1.29 is 4.79 Å². The Bertz CT molecular complexity index is 397. The monoisotopic (exact) mass is 271 g/mol. The van der Waals surface area contributed by atoms with E-state index in [1.807, 2.05) is 30.7 Å². The molecule has 0 saturated carbocycles. The van der Waals surface area contributed by atoms with Gasteiger partial charge in [-0.05, 0) is 44.9 Å². The normalized spacial score (nSPS) is 18.4. The maximum Gasteiger partial charge on any atom is 0.267 e. The summed E-state index contributed by atoms with van der Waals surface area (Å²) in [5.74, 6) is 0.0265. The van der Waals surface area contributed by atoms with Crippen LogP contribution in [0.5, 0.6) is 0 Å². The molecule has 0 aliphatic carbocycles. The summed E-state index contributed by atoms with van der Waals surface area (Å²) < 4.78 is 1.92. The fraction of sp³-hybridized carbons (Fsp3) is 0.615. The van der Waals surface area contributed by atoms with Gasteiger partial charge in [0, 0.05) is 25.3 Å². The van der Waals surface area contributed by atoms with Crippen LogP contribution in [0.2, 0.25) is 0 Å². The van der Waals surface area contributed by atoms with E-state index in [1.165, 1.54) is 12.8 Å². The van der Waals surface area contributed by atoms with Gasteiger partial charge >= 0.3 is 0 Å². The van der Waals surface area contributed by atoms with Crippen LogP contribution in [0.1, 0.15) is 35.4 Å². The van der Waals surface area contributed by atoms with E-state index in [2.05, 4.69) is 10.6 Å². The van der Waals surface area contributed by atoms with Crippen LogP contribution in [0.4, 0.5) is 0 Å². The highest BCUT2D eigenvalue weighted by atomic mass is 35.5. The summed E-state index contributed by atoms with van der Waals surface area (Å²) in [4.78, 5) is 11.9. The molecule has 1 amide bonds. The van der Waals surface area contributed by atoms with Crippen molar-refractivity contribution in [2.45, 2.75) is 32.2 Å². The van der Waals surface area contributed by atoms with E-state index >= 15 is 0 Å². The Balaban J connectivity index is 0.00000162. The average molecular weight is 272 g/mol. The number of halogens is 1. The molecule has 0 aromatic carbocycles. The van der Waals surface area contributed by atoms with Gasteiger partial charge in [-0.25, -0.2) is 0 Å². The van der Waals surface area contributed by atoms with E-state index in [9.17, 15) is 4.79 Å². The third-order valence-corrected chi connectivity index (χ3v) is 3.55. The molecule has 1 saturated heterocycles. The highest BCUT2D eigenvalue weighted by Gasteiger charge is 2.15. The highest BCUT2D eigenvalue weighted by molar-refractivity contribution is 5.92. The van der Waals surface area contributed by atoms with Crippen molar-refractivity contribution in [2.75, 3.05) is 13.1 Å². The van der Waals surface area contributed by atoms with Gasteiger partial charge in [-0.2, -0.15) is 0 Å². The van der Waals surface area contributed by atoms with Crippen molar-refractivity contribution in [3.05, 3.63) is 23.5 Å². The van der Waals surface area contributed by atoms with E-state index in [4.69, 9.17) is 0 Å². The average Bonchev–Trinajstić information content (AvgIpc) is 2.91. The number of rotatable bonds is 4. The summed E-state index contributed by atoms with van der Waals surface area (Å²) in [7, 11) is 1.92. The van der Waals surface area contributed by atoms with Gasteiger partial charge in [0.15, 0.2) is 0 Å². The first kappa shape index (κ1) is 15.1. The number of carbonyl (C=O) groups excluding carboxylic acids is 1. The molecule has 5 heteroatoms. The van der Waals surface area contributed by atoms with Crippen molar-refractivity contribution in [3.63, 3.8) is 0 Å². The Morgan fingerprint density at radius 2 is 2.33 bits per heavy atom. The number of amides is 1. The van der Waals surface area contributed by atoms with Crippen LogP contribution in [0.15, 0.2) is 12.1 Å². The Labute approximate surface area is 115 Å². The van der Waals surface area contributed by atoms with Gasteiger partial charge in [-0.3, -0.25) is 4.79 Å². The number of hydrogen-bond acceptors (Lipinski definition) is 2. The lowest BCUT2D eigenvalue weighted by Crippen LogP contribution is -2.31. The molecule has 1 aromatic heterocycles. The summed E-state index contributed by atoms with van der Waals surface area (Å²) in [6.07, 6.45) is 3.52. The Morgan fingerprint density at radius 3 is 2.89 bits per heavy atom. The minimum Gasteiger partial charge on any atom is -0.351 e. The second-order valence-electron chi connectivity index (χ2n) is 4.76. The van der Waals surface area contributed by atoms with Gasteiger partial charge < -0.3 is 15.2 Å². The summed E-state index contributed by atoms with van der Waals surface area (Å²) in [5.41, 5.74) is 1.84. The van der Waals surface area contributed by atoms with Crippen molar-refractivity contribution in [2.24, 2.45) is 7.05 Å². The van der Waals surface area contributed by atoms with E-state index < -0.39 is 0 Å². The Kier molecular flexibility index (Phi) is 5.69. The molecular weight excluding hydrogens is 250 g/mol. The predicted octanol–water partition coefficient (Wildman–Crippen LogP) is 1.63. The first-order valence-electron chi connectivity index (χ1n) is 6.32. The molecule has 18 heavy (non-hydrogen) atoms. The predicted molar refractivity (Wildman–Crippen MR) is 75.4 cm³/mol. The number of nitrogens with one attached hydrogen (secondary N) is 2. The van der Waals surface area contributed by atoms with E-state index in [0.717, 1.165) is 30.9 Å². The van der Waals surface area contributed by atoms with Crippen molar-refractivity contribution >= 4 is 18.3 Å². The molecule has 1 aliphatic heterocycles. The zero-order valence-electron chi connectivity index (χ0n) is 11.0. The molecule has 1 aromatic rings. The van der Waals surface area contributed by atoms with Crippen molar-refractivity contribution in [3.8, 4) is 0 Å². The molecule has 102 valence electrons. The standard InChI is InChI=1S/C13H21N3O.ClH/c1-10-5-6-12(16(10)2)13(17)15-9-7-11-4-3-8-14-11;/h5-6,11,14H,3-4,7-9H2,1-2H3,(H,15,17);1H/t11-;/m1./s1. The molecule has 1 aliphatic rings. The Hall–Kier alpha value is -1.00. The van der Waals surface area contributed by atoms with Crippen molar-refractivity contribution in [1.82, 2.24) is 15.2 Å². The number of aryl methyl sites for hydroxylation is 1. The summed E-state index contributed by atoms with van der Waals surface area (Å²) in [5, 5.41) is 6.41. The first-order chi connectivity index (χ1) is 8.18. The first-order valence-corrected chi connectivity index (χ1v) is 6.32. The van der Waals surface area contributed by atoms with Crippen LogP contribution in [0.25, 0.3) is 0 Å². The quantitative estimate of drug-likeness (QED) is 0.874. The number of hydrogen-bond donors (Lipinski definition) is 2. The van der Waals surface area contributed by atoms with E-state index in [0.29, 0.717) is 6.04 Å². The topological polar surface area (TPSA) is 46.1 Å². The number of carbonyl (C=O) groups is 1. The van der Waals surface area contributed by atoms with Crippen LogP contribution < -0.4 is 10.6 Å². The maximum atomic E-state index is 11.9. The molecule has 2 N–H and O–H groups in total. The number of aromatic nitrogens is 1. The maximum absolute atomic E-state index is 11.9. The second-order valence-corrected chi connectivity index (χ2v) is 4.76. The third kappa shape index (κ3) is 3.50. The lowest BCUT2D eigenvalue weighted by Gasteiger charge is -2.11. The van der Waals surface area contributed by atoms with Crippen LogP contribution in [-0.2, 0) is 7.05 Å². The van der Waals surface area contributed by atoms with Gasteiger partial charge in [0.05, 0.1) is 0 Å². The van der Waals surface area contributed by atoms with Crippen LogP contribution in [0.3, 0.4) is 0 Å². The molecule has 4 nitrogen and oxygen atoms in total. The van der Waals surface area contributed by atoms with Crippen molar-refractivity contribution in [1.29, 1.82) is 0 Å². The fourth-order valence-electron chi connectivity index (χ4n) is 2.29. The van der Waals surface area contributed by atoms with Gasteiger partial charge in [-0.1, -0.05) is 0 Å². The second kappa shape index (κ2) is 6.81. The molecule has 2 rings (SSSR count). The van der Waals surface area contributed by atoms with Crippen LogP contribution in [-0.4, -0.2) is 29.6 Å². The summed E-state index contributed by atoms with van der Waals surface area (Å²) in [6, 6.07) is 4.43. The molecule has 0 bridgehead atoms. The van der Waals surface area contributed by atoms with Gasteiger partial charge in [0.25, 0.3) is 5.91 Å². The molecule has 0 radical (unpaired) electrons. The lowest BCUT2D eigenvalue weighted by atomic mass is 10.1. The van der Waals surface area contributed by atoms with Crippen LogP contribution in [0, 0.1) is 6.92 Å². The van der Waals surface area contributed by atoms with Gasteiger partial charge in [0.2, 0.25) is 0 Å². The minimum absolute atomic E-state index is 0. The Morgan fingerprint density at radius 1 is 1.56 bits per heavy atom. The van der Waals surface area contributed by atoms with Gasteiger partial charge in [-0.15, -0.1) is 12.4 Å². The number of nitrogens with zero attached hydrogens (tertiary/aromatic N) is 1. The zero-order valence-corrected chi connectivity index (χ0v) is 11.8. The lowest BCUT2D eigenvalue weighted by molar-refractivity contribution is 0.0944. The minimum atomic E-state index is 0. The SMILES string of the molecule is Cc1ccc(C(=O)NCC[C@H]2CCCN2)n1C.Cl. The zero-order chi connectivity index (χ0) is 12.3. The molecule has 0 spiro atoms. The summed E-state index contributed by atoms with van der Waals surface area (Å²) >= 11 is 0. The molecule has 0 unspecified atom stereocenters. The van der Waals surface area contributed by atoms with E-state index in [-0.39, 0.29) is 18.3 Å². The van der Waals surface area contributed by atoms with E-state index in [1.54, 1.807) is 0 Å². The summed E-state index contributed by atoms with van der Waals surface area (Å²) in [6.45, 7) is 3.87. The largest absolute Gasteiger partial charge is 0.351 e. The van der Waals surface area contributed by atoms with Crippen LogP contribution >= 0.6 is 12.4 Å². The molecule has 1 atom stereocenters. The van der Waals surface area contributed by atoms with Gasteiger partial charge in [0.1, 0.15) is 5.69 Å². The third-order valence-electron chi connectivity index (χ3n) is 3.55. The highest BCUT2D eigenvalue weighted by Crippen LogP contribution is 2.08.